The second-order valence-corrected chi connectivity index (χ2v) is 6.95. The highest BCUT2D eigenvalue weighted by atomic mass is 16.5. The van der Waals surface area contributed by atoms with Crippen molar-refractivity contribution in [1.29, 1.82) is 0 Å². The lowest BCUT2D eigenvalue weighted by Gasteiger charge is -2.32. The van der Waals surface area contributed by atoms with Gasteiger partial charge in [0, 0.05) is 25.2 Å². The third kappa shape index (κ3) is 2.90. The van der Waals surface area contributed by atoms with Crippen LogP contribution in [0.2, 0.25) is 0 Å². The molecule has 0 spiro atoms. The van der Waals surface area contributed by atoms with Gasteiger partial charge in [0.2, 0.25) is 0 Å². The first-order valence-electron chi connectivity index (χ1n) is 8.64. The van der Waals surface area contributed by atoms with E-state index in [0.717, 1.165) is 54.9 Å². The third-order valence-corrected chi connectivity index (χ3v) is 4.86. The first-order valence-corrected chi connectivity index (χ1v) is 8.64. The van der Waals surface area contributed by atoms with Crippen LogP contribution in [0.1, 0.15) is 54.7 Å². The first kappa shape index (κ1) is 15.2. The molecule has 1 saturated heterocycles. The molecule has 24 heavy (non-hydrogen) atoms. The van der Waals surface area contributed by atoms with Gasteiger partial charge in [-0.2, -0.15) is 5.10 Å². The van der Waals surface area contributed by atoms with E-state index >= 15 is 0 Å². The summed E-state index contributed by atoms with van der Waals surface area (Å²) in [5.41, 5.74) is 2.66. The fourth-order valence-electron chi connectivity index (χ4n) is 3.34. The number of rotatable bonds is 3. The highest BCUT2D eigenvalue weighted by molar-refractivity contribution is 5.90. The van der Waals surface area contributed by atoms with Crippen LogP contribution in [-0.2, 0) is 0 Å². The summed E-state index contributed by atoms with van der Waals surface area (Å²) in [4.78, 5) is 14.6. The minimum atomic E-state index is -0.0724. The van der Waals surface area contributed by atoms with Gasteiger partial charge in [0.25, 0.3) is 0 Å². The van der Waals surface area contributed by atoms with Crippen LogP contribution in [-0.4, -0.2) is 39.0 Å². The fraction of sp³-hybridized carbons (Fsp3) is 0.588. The Balaban J connectivity index is 1.45. The van der Waals surface area contributed by atoms with E-state index in [1.165, 1.54) is 0 Å². The van der Waals surface area contributed by atoms with Crippen molar-refractivity contribution < 1.29 is 9.32 Å². The zero-order valence-electron chi connectivity index (χ0n) is 14.2. The lowest BCUT2D eigenvalue weighted by molar-refractivity contribution is 0.174. The molecule has 2 aromatic heterocycles. The summed E-state index contributed by atoms with van der Waals surface area (Å²) in [5, 5.41) is 11.4. The first-order chi connectivity index (χ1) is 11.6. The summed E-state index contributed by atoms with van der Waals surface area (Å²) < 4.78 is 7.38. The molecule has 0 bridgehead atoms. The lowest BCUT2D eigenvalue weighted by Crippen LogP contribution is -2.43. The van der Waals surface area contributed by atoms with Crippen molar-refractivity contribution in [2.45, 2.75) is 51.5 Å². The molecule has 7 nitrogen and oxygen atoms in total. The number of aromatic nitrogens is 3. The number of hydrogen-bond acceptors (Lipinski definition) is 4. The predicted octanol–water partition coefficient (Wildman–Crippen LogP) is 3.23. The van der Waals surface area contributed by atoms with Gasteiger partial charge in [0.05, 0.1) is 12.2 Å². The number of carbonyl (C=O) groups is 1. The molecule has 0 aromatic carbocycles. The number of aryl methyl sites for hydroxylation is 2. The van der Waals surface area contributed by atoms with Gasteiger partial charge in [-0.25, -0.2) is 4.79 Å². The maximum Gasteiger partial charge on any atom is 0.322 e. The number of likely N-dealkylation sites (tertiary alicyclic amines) is 1. The molecule has 3 heterocycles. The molecule has 1 aliphatic carbocycles. The summed E-state index contributed by atoms with van der Waals surface area (Å²) in [5.74, 6) is 1.25. The molecule has 4 rings (SSSR count). The number of amides is 2. The fourth-order valence-corrected chi connectivity index (χ4v) is 3.34. The number of piperidine rings is 1. The Labute approximate surface area is 141 Å². The van der Waals surface area contributed by atoms with Crippen molar-refractivity contribution >= 4 is 11.7 Å². The average Bonchev–Trinajstić information content (AvgIpc) is 3.24. The molecule has 7 heteroatoms. The maximum absolute atomic E-state index is 12.7. The average molecular weight is 329 g/mol. The number of nitrogens with zero attached hydrogens (tertiary/aromatic N) is 4. The van der Waals surface area contributed by atoms with Crippen molar-refractivity contribution in [1.82, 2.24) is 19.8 Å². The molecule has 2 fully saturated rings. The molecule has 128 valence electrons. The van der Waals surface area contributed by atoms with Crippen molar-refractivity contribution in [3.05, 3.63) is 29.4 Å². The SMILES string of the molecule is Cc1cnn([C@@H]2CCCN(C(=O)Nc3c(C)noc3C3CC3)C2)c1. The zero-order chi connectivity index (χ0) is 16.7. The van der Waals surface area contributed by atoms with Gasteiger partial charge in [0.1, 0.15) is 11.4 Å². The molecule has 1 atom stereocenters. The molecule has 0 unspecified atom stereocenters. The highest BCUT2D eigenvalue weighted by Gasteiger charge is 2.33. The van der Waals surface area contributed by atoms with Gasteiger partial charge in [-0.15, -0.1) is 0 Å². The monoisotopic (exact) mass is 329 g/mol. The zero-order valence-corrected chi connectivity index (χ0v) is 14.2. The van der Waals surface area contributed by atoms with E-state index in [4.69, 9.17) is 4.52 Å². The second-order valence-electron chi connectivity index (χ2n) is 6.95. The maximum atomic E-state index is 12.7. The van der Waals surface area contributed by atoms with E-state index in [2.05, 4.69) is 15.6 Å². The third-order valence-electron chi connectivity index (χ3n) is 4.86. The minimum absolute atomic E-state index is 0.0724. The van der Waals surface area contributed by atoms with E-state index in [0.29, 0.717) is 12.5 Å². The van der Waals surface area contributed by atoms with Crippen molar-refractivity contribution in [2.75, 3.05) is 18.4 Å². The van der Waals surface area contributed by atoms with Crippen LogP contribution in [0.25, 0.3) is 0 Å². The van der Waals surface area contributed by atoms with Crippen molar-refractivity contribution in [3.8, 4) is 0 Å². The molecular weight excluding hydrogens is 306 g/mol. The number of carbonyl (C=O) groups excluding carboxylic acids is 1. The number of urea groups is 1. The number of nitrogens with one attached hydrogen (secondary N) is 1. The number of hydrogen-bond donors (Lipinski definition) is 1. The minimum Gasteiger partial charge on any atom is -0.359 e. The van der Waals surface area contributed by atoms with Crippen molar-refractivity contribution in [2.24, 2.45) is 0 Å². The quantitative estimate of drug-likeness (QED) is 0.938. The smallest absolute Gasteiger partial charge is 0.322 e. The summed E-state index contributed by atoms with van der Waals surface area (Å²) in [6.45, 7) is 5.35. The Hall–Kier alpha value is -2.31. The molecule has 0 radical (unpaired) electrons. The van der Waals surface area contributed by atoms with Crippen molar-refractivity contribution in [3.63, 3.8) is 0 Å². The van der Waals surface area contributed by atoms with Gasteiger partial charge in [0.15, 0.2) is 5.76 Å². The van der Waals surface area contributed by atoms with Gasteiger partial charge >= 0.3 is 6.03 Å². The van der Waals surface area contributed by atoms with E-state index in [-0.39, 0.29) is 12.1 Å². The van der Waals surface area contributed by atoms with Crippen LogP contribution in [0.3, 0.4) is 0 Å². The standard InChI is InChI=1S/C17H23N5O2/c1-11-8-18-22(9-11)14-4-3-7-21(10-14)17(23)19-15-12(2)20-24-16(15)13-5-6-13/h8-9,13-14H,3-7,10H2,1-2H3,(H,19,23)/t14-/m1/s1. The lowest BCUT2D eigenvalue weighted by atomic mass is 10.1. The predicted molar refractivity (Wildman–Crippen MR) is 89.0 cm³/mol. The summed E-state index contributed by atoms with van der Waals surface area (Å²) in [6.07, 6.45) is 8.16. The summed E-state index contributed by atoms with van der Waals surface area (Å²) in [7, 11) is 0. The van der Waals surface area contributed by atoms with Gasteiger partial charge in [-0.1, -0.05) is 5.16 Å². The van der Waals surface area contributed by atoms with E-state index in [9.17, 15) is 4.79 Å². The second kappa shape index (κ2) is 5.96. The topological polar surface area (TPSA) is 76.2 Å². The molecule has 2 amide bonds. The summed E-state index contributed by atoms with van der Waals surface area (Å²) in [6, 6.07) is 0.168. The molecule has 1 N–H and O–H groups in total. The number of anilines is 1. The Morgan fingerprint density at radius 2 is 2.17 bits per heavy atom. The Bertz CT molecular complexity index is 746. The Morgan fingerprint density at radius 3 is 2.88 bits per heavy atom. The molecular formula is C17H23N5O2. The van der Waals surface area contributed by atoms with Crippen LogP contribution in [0, 0.1) is 13.8 Å². The molecule has 2 aromatic rings. The highest BCUT2D eigenvalue weighted by Crippen LogP contribution is 2.44. The van der Waals surface area contributed by atoms with Crippen LogP contribution in [0.5, 0.6) is 0 Å². The van der Waals surface area contributed by atoms with Crippen LogP contribution >= 0.6 is 0 Å². The van der Waals surface area contributed by atoms with Crippen LogP contribution in [0.4, 0.5) is 10.5 Å². The Kier molecular flexibility index (Phi) is 3.78. The molecule has 2 aliphatic rings. The molecule has 1 aliphatic heterocycles. The van der Waals surface area contributed by atoms with E-state index < -0.39 is 0 Å². The molecule has 1 saturated carbocycles. The van der Waals surface area contributed by atoms with Gasteiger partial charge < -0.3 is 14.7 Å². The van der Waals surface area contributed by atoms with E-state index in [1.54, 1.807) is 0 Å². The van der Waals surface area contributed by atoms with Gasteiger partial charge in [-0.3, -0.25) is 4.68 Å². The van der Waals surface area contributed by atoms with Gasteiger partial charge in [-0.05, 0) is 45.1 Å². The summed E-state index contributed by atoms with van der Waals surface area (Å²) >= 11 is 0. The van der Waals surface area contributed by atoms with Crippen LogP contribution < -0.4 is 5.32 Å². The Morgan fingerprint density at radius 1 is 1.33 bits per heavy atom. The van der Waals surface area contributed by atoms with E-state index in [1.807, 2.05) is 35.8 Å². The largest absolute Gasteiger partial charge is 0.359 e. The van der Waals surface area contributed by atoms with Crippen LogP contribution in [0.15, 0.2) is 16.9 Å². The normalized spacial score (nSPS) is 21.1.